The summed E-state index contributed by atoms with van der Waals surface area (Å²) < 4.78 is 36.8. The molecule has 0 saturated carbocycles. The van der Waals surface area contributed by atoms with Gasteiger partial charge in [0.1, 0.15) is 29.3 Å². The number of nitrogens with two attached hydrogens (primary N) is 1. The summed E-state index contributed by atoms with van der Waals surface area (Å²) in [6.45, 7) is 4.28. The first-order chi connectivity index (χ1) is 18.0. The topological polar surface area (TPSA) is 213 Å². The van der Waals surface area contributed by atoms with Crippen molar-refractivity contribution in [2.45, 2.75) is 57.2 Å². The molecule has 0 radical (unpaired) electrons. The summed E-state index contributed by atoms with van der Waals surface area (Å²) in [4.78, 5) is 31.1. The van der Waals surface area contributed by atoms with Crippen molar-refractivity contribution in [2.24, 2.45) is 5.11 Å². The smallest absolute Gasteiger partial charge is 0.459 e. The molecule has 1 aromatic heterocycles. The minimum atomic E-state index is -4.27. The Hall–Kier alpha value is -3.45. The molecule has 1 aliphatic heterocycles. The van der Waals surface area contributed by atoms with Crippen LogP contribution >= 0.6 is 7.75 Å². The van der Waals surface area contributed by atoms with Crippen molar-refractivity contribution < 1.29 is 33.0 Å². The number of rotatable bonds is 12. The highest BCUT2D eigenvalue weighted by molar-refractivity contribution is 7.52. The van der Waals surface area contributed by atoms with E-state index in [1.54, 1.807) is 18.2 Å². The highest BCUT2D eigenvalue weighted by Crippen LogP contribution is 2.47. The molecule has 3 rings (SSSR count). The Morgan fingerprint density at radius 2 is 2.13 bits per heavy atom. The van der Waals surface area contributed by atoms with E-state index in [9.17, 15) is 19.3 Å². The average molecular weight is 551 g/mol. The molecular weight excluding hydrogens is 521 g/mol. The summed E-state index contributed by atoms with van der Waals surface area (Å²) in [5, 5.41) is 17.2. The minimum Gasteiger partial charge on any atom is -0.465 e. The summed E-state index contributed by atoms with van der Waals surface area (Å²) >= 11 is 0. The summed E-state index contributed by atoms with van der Waals surface area (Å²) in [7, 11) is -4.27. The second-order valence-electron chi connectivity index (χ2n) is 8.65. The predicted octanol–water partition coefficient (Wildman–Crippen LogP) is 2.29. The highest BCUT2D eigenvalue weighted by atomic mass is 31.2. The van der Waals surface area contributed by atoms with Gasteiger partial charge in [-0.3, -0.25) is 13.9 Å². The van der Waals surface area contributed by atoms with Crippen LogP contribution in [-0.2, 0) is 23.4 Å². The zero-order valence-corrected chi connectivity index (χ0v) is 21.9. The quantitative estimate of drug-likeness (QED) is 0.114. The first kappa shape index (κ1) is 29.1. The van der Waals surface area contributed by atoms with Gasteiger partial charge in [0, 0.05) is 11.1 Å². The number of ether oxygens (including phenoxy) is 2. The van der Waals surface area contributed by atoms with E-state index in [2.05, 4.69) is 20.1 Å². The second-order valence-corrected chi connectivity index (χ2v) is 10.3. The number of aliphatic hydroxyl groups is 1. The number of hydrogen-bond donors (Lipinski definition) is 3. The van der Waals surface area contributed by atoms with Crippen molar-refractivity contribution in [1.29, 1.82) is 0 Å². The van der Waals surface area contributed by atoms with Crippen molar-refractivity contribution in [1.82, 2.24) is 14.6 Å². The fourth-order valence-electron chi connectivity index (χ4n) is 3.69. The van der Waals surface area contributed by atoms with Gasteiger partial charge in [-0.2, -0.15) is 10.1 Å². The lowest BCUT2D eigenvalue weighted by atomic mass is 9.93. The Labute approximate surface area is 218 Å². The summed E-state index contributed by atoms with van der Waals surface area (Å²) in [6, 6.07) is 8.35. The first-order valence-electron chi connectivity index (χ1n) is 11.7. The van der Waals surface area contributed by atoms with Gasteiger partial charge < -0.3 is 24.8 Å². The molecule has 38 heavy (non-hydrogen) atoms. The molecule has 1 aliphatic rings. The Bertz CT molecular complexity index is 1270. The molecule has 1 fully saturated rings. The van der Waals surface area contributed by atoms with Crippen LogP contribution in [0.4, 0.5) is 5.82 Å². The van der Waals surface area contributed by atoms with Gasteiger partial charge in [-0.15, -0.1) is 0 Å². The molecule has 1 aromatic carbocycles. The van der Waals surface area contributed by atoms with Crippen molar-refractivity contribution in [3.8, 4) is 5.75 Å². The third-order valence-electron chi connectivity index (χ3n) is 5.65. The van der Waals surface area contributed by atoms with E-state index in [-0.39, 0.29) is 18.2 Å². The van der Waals surface area contributed by atoms with Gasteiger partial charge in [0.15, 0.2) is 6.23 Å². The average Bonchev–Trinajstić information content (AvgIpc) is 3.11. The van der Waals surface area contributed by atoms with Crippen LogP contribution in [-0.4, -0.2) is 57.6 Å². The zero-order chi connectivity index (χ0) is 27.9. The number of aliphatic hydroxyl groups excluding tert-OH is 1. The molecule has 15 nitrogen and oxygen atoms in total. The van der Waals surface area contributed by atoms with E-state index in [0.29, 0.717) is 6.42 Å². The van der Waals surface area contributed by atoms with Gasteiger partial charge in [-0.25, -0.2) is 9.36 Å². The monoisotopic (exact) mass is 551 g/mol. The van der Waals surface area contributed by atoms with Gasteiger partial charge in [-0.1, -0.05) is 30.2 Å². The number of esters is 1. The molecule has 1 saturated heterocycles. The number of carbonyl (C=O) groups is 1. The number of nitrogens with one attached hydrogen (secondary N) is 1. The van der Waals surface area contributed by atoms with Crippen LogP contribution in [0.3, 0.4) is 0 Å². The summed E-state index contributed by atoms with van der Waals surface area (Å²) in [6.07, 6.45) is -2.16. The summed E-state index contributed by atoms with van der Waals surface area (Å²) in [5.74, 6) is -0.524. The van der Waals surface area contributed by atoms with Gasteiger partial charge in [-0.05, 0) is 44.0 Å². The van der Waals surface area contributed by atoms with Crippen molar-refractivity contribution in [2.75, 3.05) is 18.9 Å². The lowest BCUT2D eigenvalue weighted by Crippen LogP contribution is -2.45. The number of hydrogen-bond acceptors (Lipinski definition) is 11. The third-order valence-corrected chi connectivity index (χ3v) is 7.29. The molecule has 0 spiro atoms. The molecule has 0 bridgehead atoms. The van der Waals surface area contributed by atoms with E-state index < -0.39 is 56.0 Å². The zero-order valence-electron chi connectivity index (χ0n) is 21.0. The fraction of sp³-hybridized carbons (Fsp3) is 0.500. The van der Waals surface area contributed by atoms with Gasteiger partial charge >= 0.3 is 19.4 Å². The molecule has 4 N–H and O–H groups in total. The number of anilines is 1. The van der Waals surface area contributed by atoms with Gasteiger partial charge in [0.25, 0.3) is 0 Å². The van der Waals surface area contributed by atoms with Crippen molar-refractivity contribution >= 4 is 19.5 Å². The second kappa shape index (κ2) is 12.4. The molecule has 1 unspecified atom stereocenters. The standard InChI is InChI=1S/C22H30N7O8P/c1-4-12-34-19(31)14(2)26-38(33,37-15-8-6-5-7-9-15)35-13-16-18(30)22(3,27-28-24)20(36-16)29-11-10-17(23)25-21(29)32/h5-11,14,16,18,20,30H,4,12-13H2,1-3H3,(H,26,33)(H2,23,25,32)/t14-,16+,18+,20+,22+,38?/m0/s1. The lowest BCUT2D eigenvalue weighted by molar-refractivity contribution is -0.145. The Morgan fingerprint density at radius 1 is 1.42 bits per heavy atom. The molecule has 206 valence electrons. The largest absolute Gasteiger partial charge is 0.465 e. The first-order valence-corrected chi connectivity index (χ1v) is 13.3. The molecule has 0 aliphatic carbocycles. The van der Waals surface area contributed by atoms with E-state index in [0.717, 1.165) is 4.57 Å². The van der Waals surface area contributed by atoms with Crippen molar-refractivity contribution in [3.63, 3.8) is 0 Å². The Morgan fingerprint density at radius 3 is 2.76 bits per heavy atom. The number of nitrogens with zero attached hydrogens (tertiary/aromatic N) is 5. The van der Waals surface area contributed by atoms with Crippen LogP contribution in [0.1, 0.15) is 33.4 Å². The molecular formula is C22H30N7O8P. The molecule has 2 aromatic rings. The van der Waals surface area contributed by atoms with E-state index in [4.69, 9.17) is 29.8 Å². The van der Waals surface area contributed by atoms with Crippen LogP contribution in [0.25, 0.3) is 10.4 Å². The van der Waals surface area contributed by atoms with Crippen LogP contribution in [0.15, 0.2) is 52.5 Å². The van der Waals surface area contributed by atoms with Crippen LogP contribution < -0.4 is 21.0 Å². The number of para-hydroxylation sites is 1. The van der Waals surface area contributed by atoms with Crippen LogP contribution in [0.5, 0.6) is 5.75 Å². The molecule has 16 heteroatoms. The molecule has 6 atom stereocenters. The van der Waals surface area contributed by atoms with Crippen molar-refractivity contribution in [3.05, 3.63) is 63.5 Å². The number of azide groups is 1. The van der Waals surface area contributed by atoms with E-state index in [1.165, 1.54) is 38.2 Å². The van der Waals surface area contributed by atoms with Gasteiger partial charge in [0.2, 0.25) is 0 Å². The fourth-order valence-corrected chi connectivity index (χ4v) is 5.19. The minimum absolute atomic E-state index is 0.0353. The number of carbonyl (C=O) groups excluding carboxylic acids is 1. The maximum absolute atomic E-state index is 13.7. The number of nitrogen functional groups attached to an aromatic ring is 1. The SMILES string of the molecule is CCCOC(=O)[C@H](C)NP(=O)(OC[C@H]1O[C@@H](n2ccc(N)nc2=O)[C@](C)(N=[N+]=[N-])[C@@H]1O)Oc1ccccc1. The molecule has 0 amide bonds. The highest BCUT2D eigenvalue weighted by Gasteiger charge is 2.55. The van der Waals surface area contributed by atoms with E-state index >= 15 is 0 Å². The normalized spacial score (nSPS) is 25.1. The maximum Gasteiger partial charge on any atom is 0.459 e. The number of benzene rings is 1. The number of aromatic nitrogens is 2. The van der Waals surface area contributed by atoms with E-state index in [1.807, 2.05) is 6.92 Å². The Balaban J connectivity index is 1.85. The third kappa shape index (κ3) is 6.70. The predicted molar refractivity (Wildman–Crippen MR) is 135 cm³/mol. The van der Waals surface area contributed by atoms with Crippen LogP contribution in [0.2, 0.25) is 0 Å². The van der Waals surface area contributed by atoms with Crippen LogP contribution in [0, 0.1) is 0 Å². The Kier molecular flexibility index (Phi) is 9.50. The van der Waals surface area contributed by atoms with Gasteiger partial charge in [0.05, 0.1) is 19.3 Å². The summed E-state index contributed by atoms with van der Waals surface area (Å²) in [5.41, 5.74) is 12.2. The lowest BCUT2D eigenvalue weighted by Gasteiger charge is -2.28. The maximum atomic E-state index is 13.7. The molecule has 2 heterocycles.